The summed E-state index contributed by atoms with van der Waals surface area (Å²) in [7, 11) is 1.53. The molecule has 7 nitrogen and oxygen atoms in total. The van der Waals surface area contributed by atoms with E-state index in [4.69, 9.17) is 17.0 Å². The third-order valence-electron chi connectivity index (χ3n) is 4.04. The minimum Gasteiger partial charge on any atom is -0.495 e. The Morgan fingerprint density at radius 2 is 1.74 bits per heavy atom. The van der Waals surface area contributed by atoms with Crippen molar-refractivity contribution in [1.82, 2.24) is 10.2 Å². The normalized spacial score (nSPS) is 12.6. The molecule has 3 rings (SSSR count). The van der Waals surface area contributed by atoms with Crippen LogP contribution in [0.2, 0.25) is 0 Å². The predicted octanol–water partition coefficient (Wildman–Crippen LogP) is 2.11. The molecule has 2 aromatic carbocycles. The minimum absolute atomic E-state index is 0.0421. The lowest BCUT2D eigenvalue weighted by Crippen LogP contribution is -2.43. The van der Waals surface area contributed by atoms with Crippen LogP contribution in [0.1, 0.15) is 26.3 Å². The van der Waals surface area contributed by atoms with Crippen molar-refractivity contribution in [3.8, 4) is 5.75 Å². The quantitative estimate of drug-likeness (QED) is 0.621. The number of fused-ring (bicyclic) bond motifs is 1. The number of hydrogen-bond donors (Lipinski definition) is 2. The van der Waals surface area contributed by atoms with E-state index in [1.165, 1.54) is 7.11 Å². The van der Waals surface area contributed by atoms with E-state index < -0.39 is 24.3 Å². The average molecular weight is 383 g/mol. The second kappa shape index (κ2) is 7.55. The van der Waals surface area contributed by atoms with Gasteiger partial charge in [-0.05, 0) is 49.0 Å². The van der Waals surface area contributed by atoms with Crippen LogP contribution in [0.25, 0.3) is 0 Å². The van der Waals surface area contributed by atoms with Crippen LogP contribution in [0.15, 0.2) is 42.5 Å². The van der Waals surface area contributed by atoms with Crippen molar-refractivity contribution in [3.63, 3.8) is 0 Å². The molecule has 3 amide bonds. The molecule has 1 aliphatic heterocycles. The summed E-state index contributed by atoms with van der Waals surface area (Å²) in [4.78, 5) is 37.7. The van der Waals surface area contributed by atoms with Crippen molar-refractivity contribution < 1.29 is 19.1 Å². The van der Waals surface area contributed by atoms with Gasteiger partial charge in [-0.1, -0.05) is 18.2 Å². The highest BCUT2D eigenvalue weighted by Gasteiger charge is 2.36. The predicted molar refractivity (Wildman–Crippen MR) is 104 cm³/mol. The third kappa shape index (κ3) is 3.80. The maximum Gasteiger partial charge on any atom is 0.262 e. The van der Waals surface area contributed by atoms with E-state index in [-0.39, 0.29) is 5.11 Å². The molecule has 2 N–H and O–H groups in total. The summed E-state index contributed by atoms with van der Waals surface area (Å²) in [6, 6.07) is 11.9. The maximum absolute atomic E-state index is 12.3. The number of ether oxygens (including phenoxy) is 1. The molecular weight excluding hydrogens is 366 g/mol. The zero-order valence-electron chi connectivity index (χ0n) is 14.7. The van der Waals surface area contributed by atoms with Gasteiger partial charge in [0.25, 0.3) is 11.8 Å². The van der Waals surface area contributed by atoms with Gasteiger partial charge >= 0.3 is 0 Å². The molecule has 1 heterocycles. The van der Waals surface area contributed by atoms with Crippen LogP contribution in [-0.4, -0.2) is 41.4 Å². The van der Waals surface area contributed by atoms with Gasteiger partial charge in [0.05, 0.1) is 23.9 Å². The number of anilines is 1. The smallest absolute Gasteiger partial charge is 0.262 e. The van der Waals surface area contributed by atoms with Crippen LogP contribution in [0, 0.1) is 6.92 Å². The number of carbonyl (C=O) groups excluding carboxylic acids is 3. The first-order chi connectivity index (χ1) is 12.9. The Morgan fingerprint density at radius 3 is 2.33 bits per heavy atom. The molecule has 0 aliphatic carbocycles. The fourth-order valence-electron chi connectivity index (χ4n) is 2.77. The second-order valence-electron chi connectivity index (χ2n) is 5.95. The number of carbonyl (C=O) groups is 3. The highest BCUT2D eigenvalue weighted by Crippen LogP contribution is 2.25. The highest BCUT2D eigenvalue weighted by molar-refractivity contribution is 7.80. The molecule has 0 saturated carbocycles. The molecule has 0 saturated heterocycles. The number of rotatable bonds is 4. The van der Waals surface area contributed by atoms with Gasteiger partial charge in [0.2, 0.25) is 5.91 Å². The van der Waals surface area contributed by atoms with E-state index in [0.29, 0.717) is 22.6 Å². The molecule has 2 aromatic rings. The van der Waals surface area contributed by atoms with Crippen LogP contribution in [0.5, 0.6) is 5.75 Å². The number of amides is 3. The van der Waals surface area contributed by atoms with Gasteiger partial charge in [0.1, 0.15) is 12.3 Å². The second-order valence-corrected chi connectivity index (χ2v) is 6.36. The first-order valence-electron chi connectivity index (χ1n) is 8.11. The van der Waals surface area contributed by atoms with Crippen molar-refractivity contribution in [1.29, 1.82) is 0 Å². The van der Waals surface area contributed by atoms with Crippen LogP contribution in [0.3, 0.4) is 0 Å². The lowest BCUT2D eigenvalue weighted by Gasteiger charge is -2.16. The van der Waals surface area contributed by atoms with Gasteiger partial charge in [0.15, 0.2) is 5.11 Å². The molecule has 0 atom stereocenters. The number of thiocarbonyl (C=S) groups is 1. The van der Waals surface area contributed by atoms with E-state index >= 15 is 0 Å². The summed E-state index contributed by atoms with van der Waals surface area (Å²) < 4.78 is 5.25. The Labute approximate surface area is 161 Å². The number of nitrogens with zero attached hydrogens (tertiary/aromatic N) is 1. The largest absolute Gasteiger partial charge is 0.495 e. The molecule has 0 aromatic heterocycles. The Hall–Kier alpha value is -3.26. The number of methoxy groups -OCH3 is 1. The number of hydrogen-bond acceptors (Lipinski definition) is 5. The van der Waals surface area contributed by atoms with Gasteiger partial charge < -0.3 is 15.4 Å². The third-order valence-corrected chi connectivity index (χ3v) is 4.24. The zero-order chi connectivity index (χ0) is 19.6. The maximum atomic E-state index is 12.3. The molecule has 27 heavy (non-hydrogen) atoms. The SMILES string of the molecule is COc1ccc(C)cc1NC(=S)NC(=O)CN1C(=O)c2ccccc2C1=O. The van der Waals surface area contributed by atoms with Crippen LogP contribution in [0.4, 0.5) is 5.69 Å². The van der Waals surface area contributed by atoms with Gasteiger partial charge in [-0.15, -0.1) is 0 Å². The number of aryl methyl sites for hydroxylation is 1. The lowest BCUT2D eigenvalue weighted by atomic mass is 10.1. The Kier molecular flexibility index (Phi) is 5.18. The number of nitrogens with one attached hydrogen (secondary N) is 2. The van der Waals surface area contributed by atoms with E-state index in [9.17, 15) is 14.4 Å². The Morgan fingerprint density at radius 1 is 1.11 bits per heavy atom. The summed E-state index contributed by atoms with van der Waals surface area (Å²) in [5, 5.41) is 5.40. The molecule has 0 fully saturated rings. The topological polar surface area (TPSA) is 87.7 Å². The van der Waals surface area contributed by atoms with Crippen molar-refractivity contribution in [2.75, 3.05) is 19.0 Å². The van der Waals surface area contributed by atoms with E-state index in [1.54, 1.807) is 30.3 Å². The van der Waals surface area contributed by atoms with Gasteiger partial charge in [-0.2, -0.15) is 0 Å². The van der Waals surface area contributed by atoms with Gasteiger partial charge in [0, 0.05) is 0 Å². The monoisotopic (exact) mass is 383 g/mol. The fraction of sp³-hybridized carbons (Fsp3) is 0.158. The zero-order valence-corrected chi connectivity index (χ0v) is 15.6. The molecule has 0 bridgehead atoms. The van der Waals surface area contributed by atoms with E-state index in [0.717, 1.165) is 10.5 Å². The number of imide groups is 1. The molecule has 0 unspecified atom stereocenters. The van der Waals surface area contributed by atoms with E-state index in [1.807, 2.05) is 19.1 Å². The van der Waals surface area contributed by atoms with Crippen molar-refractivity contribution in [2.45, 2.75) is 6.92 Å². The van der Waals surface area contributed by atoms with Crippen molar-refractivity contribution >= 4 is 40.7 Å². The molecular formula is C19H17N3O4S. The highest BCUT2D eigenvalue weighted by atomic mass is 32.1. The first-order valence-corrected chi connectivity index (χ1v) is 8.52. The molecule has 138 valence electrons. The molecule has 0 spiro atoms. The molecule has 8 heteroatoms. The van der Waals surface area contributed by atoms with Gasteiger partial charge in [-0.3, -0.25) is 19.3 Å². The van der Waals surface area contributed by atoms with Crippen LogP contribution < -0.4 is 15.4 Å². The van der Waals surface area contributed by atoms with Crippen molar-refractivity contribution in [3.05, 3.63) is 59.2 Å². The summed E-state index contributed by atoms with van der Waals surface area (Å²) in [6.07, 6.45) is 0. The number of benzene rings is 2. The molecule has 1 aliphatic rings. The van der Waals surface area contributed by atoms with Crippen molar-refractivity contribution in [2.24, 2.45) is 0 Å². The lowest BCUT2D eigenvalue weighted by molar-refractivity contribution is -0.120. The fourth-order valence-corrected chi connectivity index (χ4v) is 2.99. The first kappa shape index (κ1) is 18.5. The van der Waals surface area contributed by atoms with E-state index in [2.05, 4.69) is 10.6 Å². The summed E-state index contributed by atoms with van der Waals surface area (Å²) in [5.74, 6) is -0.999. The van der Waals surface area contributed by atoms with Crippen LogP contribution in [-0.2, 0) is 4.79 Å². The summed E-state index contributed by atoms with van der Waals surface area (Å²) >= 11 is 5.15. The minimum atomic E-state index is -0.575. The van der Waals surface area contributed by atoms with Crippen LogP contribution >= 0.6 is 12.2 Å². The molecule has 0 radical (unpaired) electrons. The van der Waals surface area contributed by atoms with Gasteiger partial charge in [-0.25, -0.2) is 0 Å². The summed E-state index contributed by atoms with van der Waals surface area (Å²) in [5.41, 5.74) is 2.17. The average Bonchev–Trinajstić information content (AvgIpc) is 2.87. The standard InChI is InChI=1S/C19H17N3O4S/c1-11-7-8-15(26-2)14(9-11)20-19(27)21-16(23)10-22-17(24)12-5-3-4-6-13(12)18(22)25/h3-9H,10H2,1-2H3,(H2,20,21,23,27). The summed E-state index contributed by atoms with van der Waals surface area (Å²) in [6.45, 7) is 1.49. The Balaban J connectivity index is 1.63. The Bertz CT molecular complexity index is 923.